The van der Waals surface area contributed by atoms with Gasteiger partial charge in [0.15, 0.2) is 0 Å². The molecule has 8 heteroatoms. The van der Waals surface area contributed by atoms with Crippen molar-refractivity contribution in [3.05, 3.63) is 33.9 Å². The molecule has 1 atom stereocenters. The van der Waals surface area contributed by atoms with Crippen LogP contribution in [-0.2, 0) is 4.79 Å². The van der Waals surface area contributed by atoms with Crippen molar-refractivity contribution >= 4 is 11.7 Å². The topological polar surface area (TPSA) is 89.7 Å². The van der Waals surface area contributed by atoms with Gasteiger partial charge >= 0.3 is 12.6 Å². The molecule has 1 aromatic carbocycles. The van der Waals surface area contributed by atoms with Crippen molar-refractivity contribution < 1.29 is 28.3 Å². The molecule has 0 aliphatic heterocycles. The number of halogens is 2. The molecule has 0 aliphatic rings. The normalized spacial score (nSPS) is 12.2. The van der Waals surface area contributed by atoms with E-state index in [1.165, 1.54) is 6.92 Å². The summed E-state index contributed by atoms with van der Waals surface area (Å²) in [6, 6.07) is 2.91. The number of alkyl halides is 2. The second-order valence-electron chi connectivity index (χ2n) is 3.42. The zero-order valence-corrected chi connectivity index (χ0v) is 9.17. The Morgan fingerprint density at radius 3 is 2.56 bits per heavy atom. The second kappa shape index (κ2) is 5.39. The second-order valence-corrected chi connectivity index (χ2v) is 3.42. The summed E-state index contributed by atoms with van der Waals surface area (Å²) < 4.78 is 28.4. The Morgan fingerprint density at radius 2 is 2.11 bits per heavy atom. The van der Waals surface area contributed by atoms with E-state index in [9.17, 15) is 23.7 Å². The molecule has 0 saturated carbocycles. The van der Waals surface area contributed by atoms with Crippen LogP contribution in [0.25, 0.3) is 0 Å². The molecule has 18 heavy (non-hydrogen) atoms. The summed E-state index contributed by atoms with van der Waals surface area (Å²) in [5.41, 5.74) is -0.500. The number of nitro benzene ring substituents is 1. The molecule has 1 rings (SSSR count). The monoisotopic (exact) mass is 261 g/mol. The predicted molar refractivity (Wildman–Crippen MR) is 55.8 cm³/mol. The van der Waals surface area contributed by atoms with Gasteiger partial charge in [0.1, 0.15) is 5.75 Å². The molecule has 1 aromatic rings. The van der Waals surface area contributed by atoms with E-state index in [2.05, 4.69) is 4.74 Å². The third-order valence-corrected chi connectivity index (χ3v) is 2.26. The molecule has 0 aromatic heterocycles. The van der Waals surface area contributed by atoms with Crippen LogP contribution in [0.2, 0.25) is 0 Å². The predicted octanol–water partition coefficient (Wildman–Crippen LogP) is 2.38. The number of ether oxygens (including phenoxy) is 1. The molecule has 1 N–H and O–H groups in total. The van der Waals surface area contributed by atoms with Gasteiger partial charge in [-0.3, -0.25) is 14.9 Å². The number of aliphatic carboxylic acids is 1. The van der Waals surface area contributed by atoms with Crippen LogP contribution in [0.4, 0.5) is 14.5 Å². The number of nitro groups is 1. The molecule has 6 nitrogen and oxygen atoms in total. The van der Waals surface area contributed by atoms with Gasteiger partial charge in [0.05, 0.1) is 16.9 Å². The van der Waals surface area contributed by atoms with E-state index in [0.29, 0.717) is 0 Å². The zero-order chi connectivity index (χ0) is 13.9. The smallest absolute Gasteiger partial charge is 0.387 e. The number of rotatable bonds is 5. The van der Waals surface area contributed by atoms with Gasteiger partial charge in [-0.1, -0.05) is 0 Å². The lowest BCUT2D eigenvalue weighted by atomic mass is 10.00. The van der Waals surface area contributed by atoms with Crippen molar-refractivity contribution in [3.8, 4) is 5.75 Å². The number of nitrogens with zero attached hydrogens (tertiary/aromatic N) is 1. The van der Waals surface area contributed by atoms with Gasteiger partial charge < -0.3 is 9.84 Å². The van der Waals surface area contributed by atoms with Crippen LogP contribution >= 0.6 is 0 Å². The first-order chi connectivity index (χ1) is 8.32. The average molecular weight is 261 g/mol. The number of benzene rings is 1. The van der Waals surface area contributed by atoms with Crippen molar-refractivity contribution in [2.45, 2.75) is 19.5 Å². The van der Waals surface area contributed by atoms with E-state index in [1.54, 1.807) is 0 Å². The van der Waals surface area contributed by atoms with Crippen LogP contribution in [0.5, 0.6) is 5.75 Å². The fourth-order valence-corrected chi connectivity index (χ4v) is 1.33. The third-order valence-electron chi connectivity index (χ3n) is 2.26. The minimum atomic E-state index is -3.19. The number of carbonyl (C=O) groups is 1. The molecule has 0 radical (unpaired) electrons. The van der Waals surface area contributed by atoms with Gasteiger partial charge in [0.25, 0.3) is 5.69 Å². The number of carboxylic acid groups (broad SMARTS) is 1. The molecular formula is C10H9F2NO5. The molecule has 98 valence electrons. The molecule has 0 bridgehead atoms. The van der Waals surface area contributed by atoms with E-state index in [-0.39, 0.29) is 5.56 Å². The Bertz CT molecular complexity index is 477. The largest absolute Gasteiger partial charge is 0.481 e. The lowest BCUT2D eigenvalue weighted by Crippen LogP contribution is -2.12. The summed E-state index contributed by atoms with van der Waals surface area (Å²) >= 11 is 0. The van der Waals surface area contributed by atoms with Gasteiger partial charge in [-0.15, -0.1) is 0 Å². The Kier molecular flexibility index (Phi) is 4.13. The van der Waals surface area contributed by atoms with Crippen molar-refractivity contribution in [1.82, 2.24) is 0 Å². The van der Waals surface area contributed by atoms with Gasteiger partial charge in [-0.05, 0) is 13.0 Å². The molecule has 0 spiro atoms. The van der Waals surface area contributed by atoms with Crippen LogP contribution in [0.1, 0.15) is 18.4 Å². The van der Waals surface area contributed by atoms with E-state index in [0.717, 1.165) is 18.2 Å². The molecule has 0 heterocycles. The quantitative estimate of drug-likeness (QED) is 0.649. The van der Waals surface area contributed by atoms with Crippen LogP contribution in [0.15, 0.2) is 18.2 Å². The first-order valence-corrected chi connectivity index (χ1v) is 4.79. The highest BCUT2D eigenvalue weighted by atomic mass is 19.3. The Labute approximate surface area is 99.9 Å². The summed E-state index contributed by atoms with van der Waals surface area (Å²) in [5, 5.41) is 19.3. The summed E-state index contributed by atoms with van der Waals surface area (Å²) in [4.78, 5) is 20.5. The number of carboxylic acids is 1. The van der Waals surface area contributed by atoms with Crippen LogP contribution in [-0.4, -0.2) is 22.6 Å². The average Bonchev–Trinajstić information content (AvgIpc) is 2.26. The van der Waals surface area contributed by atoms with Crippen LogP contribution in [0, 0.1) is 10.1 Å². The zero-order valence-electron chi connectivity index (χ0n) is 9.17. The number of non-ortho nitro benzene ring substituents is 1. The Hall–Kier alpha value is -2.25. The molecule has 1 unspecified atom stereocenters. The Balaban J connectivity index is 3.24. The highest BCUT2D eigenvalue weighted by Gasteiger charge is 2.22. The first-order valence-electron chi connectivity index (χ1n) is 4.79. The van der Waals surface area contributed by atoms with Gasteiger partial charge in [0.2, 0.25) is 0 Å². The fraction of sp³-hybridized carbons (Fsp3) is 0.300. The summed E-state index contributed by atoms with van der Waals surface area (Å²) in [5.74, 6) is -2.86. The first kappa shape index (κ1) is 13.8. The Morgan fingerprint density at radius 1 is 1.50 bits per heavy atom. The van der Waals surface area contributed by atoms with Gasteiger partial charge in [-0.2, -0.15) is 8.78 Å². The maximum atomic E-state index is 12.2. The molecule has 0 amide bonds. The fourth-order valence-electron chi connectivity index (χ4n) is 1.33. The van der Waals surface area contributed by atoms with Crippen molar-refractivity contribution in [3.63, 3.8) is 0 Å². The maximum Gasteiger partial charge on any atom is 0.387 e. The van der Waals surface area contributed by atoms with E-state index in [4.69, 9.17) is 5.11 Å². The van der Waals surface area contributed by atoms with E-state index >= 15 is 0 Å². The molecule has 0 saturated heterocycles. The number of hydrogen-bond acceptors (Lipinski definition) is 4. The summed E-state index contributed by atoms with van der Waals surface area (Å²) in [6.45, 7) is -1.92. The maximum absolute atomic E-state index is 12.2. The molecular weight excluding hydrogens is 252 g/mol. The highest BCUT2D eigenvalue weighted by molar-refractivity contribution is 5.77. The SMILES string of the molecule is CC(C(=O)O)c1ccc([N+](=O)[O-])cc1OC(F)F. The third kappa shape index (κ3) is 3.12. The van der Waals surface area contributed by atoms with Gasteiger partial charge in [0, 0.05) is 11.6 Å². The number of hydrogen-bond donors (Lipinski definition) is 1. The van der Waals surface area contributed by atoms with E-state index < -0.39 is 34.9 Å². The minimum Gasteiger partial charge on any atom is -0.481 e. The minimum absolute atomic E-state index is 0.0478. The highest BCUT2D eigenvalue weighted by Crippen LogP contribution is 2.31. The lowest BCUT2D eigenvalue weighted by molar-refractivity contribution is -0.385. The van der Waals surface area contributed by atoms with Crippen molar-refractivity contribution in [2.75, 3.05) is 0 Å². The van der Waals surface area contributed by atoms with Crippen LogP contribution in [0.3, 0.4) is 0 Å². The van der Waals surface area contributed by atoms with Gasteiger partial charge in [-0.25, -0.2) is 0 Å². The van der Waals surface area contributed by atoms with Crippen LogP contribution < -0.4 is 4.74 Å². The van der Waals surface area contributed by atoms with Crippen molar-refractivity contribution in [2.24, 2.45) is 0 Å². The molecule has 0 fully saturated rings. The summed E-state index contributed by atoms with van der Waals surface area (Å²) in [7, 11) is 0. The van der Waals surface area contributed by atoms with Crippen molar-refractivity contribution in [1.29, 1.82) is 0 Å². The standard InChI is InChI=1S/C10H9F2NO5/c1-5(9(14)15)7-3-2-6(13(16)17)4-8(7)18-10(11)12/h2-5,10H,1H3,(H,14,15). The summed E-state index contributed by atoms with van der Waals surface area (Å²) in [6.07, 6.45) is 0. The van der Waals surface area contributed by atoms with E-state index in [1.807, 2.05) is 0 Å². The lowest BCUT2D eigenvalue weighted by Gasteiger charge is -2.13. The molecule has 0 aliphatic carbocycles.